The van der Waals surface area contributed by atoms with Crippen molar-refractivity contribution in [3.8, 4) is 0 Å². The average Bonchev–Trinajstić information content (AvgIpc) is 2.68. The number of carbonyl (C=O) groups is 2. The lowest BCUT2D eigenvalue weighted by Gasteiger charge is -2.47. The summed E-state index contributed by atoms with van der Waals surface area (Å²) in [5.74, 6) is -0.744. The molecule has 5 nitrogen and oxygen atoms in total. The standard InChI is InChI=1S/C20H20N2O3/c1-25-20(24)18(15-10-6-3-7-11-15)22-16(17(21)19(22)23)13-12-14-8-4-2-5-9-14/h2-13,16-18H,21H2,1H3/t16-,17-,18?/m1/s1. The lowest BCUT2D eigenvalue weighted by Crippen LogP contribution is -2.69. The van der Waals surface area contributed by atoms with Crippen LogP contribution in [-0.2, 0) is 14.3 Å². The van der Waals surface area contributed by atoms with Crippen LogP contribution in [-0.4, -0.2) is 36.0 Å². The fraction of sp³-hybridized carbons (Fsp3) is 0.200. The monoisotopic (exact) mass is 336 g/mol. The molecule has 5 heteroatoms. The summed E-state index contributed by atoms with van der Waals surface area (Å²) in [5.41, 5.74) is 7.69. The van der Waals surface area contributed by atoms with E-state index in [1.165, 1.54) is 12.0 Å². The number of carbonyl (C=O) groups excluding carboxylic acids is 2. The highest BCUT2D eigenvalue weighted by Gasteiger charge is 2.49. The van der Waals surface area contributed by atoms with Gasteiger partial charge in [0.2, 0.25) is 5.91 Å². The van der Waals surface area contributed by atoms with Crippen molar-refractivity contribution in [3.05, 3.63) is 77.9 Å². The quantitative estimate of drug-likeness (QED) is 0.671. The predicted octanol–water partition coefficient (Wildman–Crippen LogP) is 2.15. The number of benzene rings is 2. The van der Waals surface area contributed by atoms with Gasteiger partial charge in [0.15, 0.2) is 6.04 Å². The number of rotatable bonds is 5. The number of hydrogen-bond donors (Lipinski definition) is 1. The van der Waals surface area contributed by atoms with Crippen molar-refractivity contribution in [1.29, 1.82) is 0 Å². The van der Waals surface area contributed by atoms with Gasteiger partial charge in [-0.25, -0.2) is 4.79 Å². The van der Waals surface area contributed by atoms with Crippen LogP contribution in [0.3, 0.4) is 0 Å². The Morgan fingerprint density at radius 3 is 2.32 bits per heavy atom. The number of hydrogen-bond acceptors (Lipinski definition) is 4. The van der Waals surface area contributed by atoms with E-state index < -0.39 is 18.1 Å². The minimum atomic E-state index is -0.802. The number of amides is 1. The fourth-order valence-corrected chi connectivity index (χ4v) is 3.00. The van der Waals surface area contributed by atoms with Gasteiger partial charge in [0.25, 0.3) is 0 Å². The van der Waals surface area contributed by atoms with E-state index in [9.17, 15) is 9.59 Å². The molecule has 0 bridgehead atoms. The smallest absolute Gasteiger partial charge is 0.333 e. The van der Waals surface area contributed by atoms with E-state index in [1.54, 1.807) is 12.1 Å². The third-order valence-electron chi connectivity index (χ3n) is 4.33. The Morgan fingerprint density at radius 1 is 1.12 bits per heavy atom. The number of methoxy groups -OCH3 is 1. The third-order valence-corrected chi connectivity index (χ3v) is 4.33. The highest BCUT2D eigenvalue weighted by molar-refractivity contribution is 5.95. The lowest BCUT2D eigenvalue weighted by molar-refractivity contribution is -0.164. The van der Waals surface area contributed by atoms with Crippen molar-refractivity contribution in [2.45, 2.75) is 18.1 Å². The Balaban J connectivity index is 1.90. The molecule has 25 heavy (non-hydrogen) atoms. The highest BCUT2D eigenvalue weighted by atomic mass is 16.5. The maximum absolute atomic E-state index is 12.4. The van der Waals surface area contributed by atoms with Crippen LogP contribution < -0.4 is 5.73 Å². The molecule has 1 saturated heterocycles. The second-order valence-corrected chi connectivity index (χ2v) is 5.87. The largest absolute Gasteiger partial charge is 0.467 e. The second kappa shape index (κ2) is 7.32. The number of β-lactam (4-membered cyclic amide) rings is 1. The maximum Gasteiger partial charge on any atom is 0.333 e. The molecule has 1 amide bonds. The highest BCUT2D eigenvalue weighted by Crippen LogP contribution is 2.33. The Hall–Kier alpha value is -2.92. The number of esters is 1. The third kappa shape index (κ3) is 3.32. The van der Waals surface area contributed by atoms with E-state index in [0.717, 1.165) is 5.56 Å². The van der Waals surface area contributed by atoms with Gasteiger partial charge in [0.1, 0.15) is 6.04 Å². The van der Waals surface area contributed by atoms with Crippen LogP contribution in [0.15, 0.2) is 66.7 Å². The summed E-state index contributed by atoms with van der Waals surface area (Å²) in [6.45, 7) is 0. The van der Waals surface area contributed by atoms with Crippen molar-refractivity contribution < 1.29 is 14.3 Å². The molecule has 1 aliphatic rings. The van der Waals surface area contributed by atoms with Crippen LogP contribution in [0.5, 0.6) is 0 Å². The van der Waals surface area contributed by atoms with E-state index >= 15 is 0 Å². The topological polar surface area (TPSA) is 72.6 Å². The minimum absolute atomic E-state index is 0.262. The molecule has 1 fully saturated rings. The molecule has 128 valence electrons. The molecule has 2 aromatic rings. The summed E-state index contributed by atoms with van der Waals surface area (Å²) in [6, 6.07) is 17.0. The van der Waals surface area contributed by atoms with E-state index in [2.05, 4.69) is 0 Å². The SMILES string of the molecule is COC(=O)C(c1ccccc1)N1C(=O)[C@H](N)[C@H]1C=Cc1ccccc1. The van der Waals surface area contributed by atoms with Gasteiger partial charge < -0.3 is 15.4 Å². The predicted molar refractivity (Wildman–Crippen MR) is 95.3 cm³/mol. The molecule has 2 N–H and O–H groups in total. The normalized spacial score (nSPS) is 21.0. The molecule has 0 spiro atoms. The number of nitrogens with zero attached hydrogens (tertiary/aromatic N) is 1. The number of likely N-dealkylation sites (tertiary alicyclic amines) is 1. The Bertz CT molecular complexity index is 774. The van der Waals surface area contributed by atoms with E-state index in [0.29, 0.717) is 5.56 Å². The van der Waals surface area contributed by atoms with Gasteiger partial charge in [-0.1, -0.05) is 72.8 Å². The molecule has 0 aromatic heterocycles. The molecule has 0 radical (unpaired) electrons. The zero-order valence-electron chi connectivity index (χ0n) is 13.9. The zero-order chi connectivity index (χ0) is 17.8. The van der Waals surface area contributed by atoms with Crippen molar-refractivity contribution in [2.75, 3.05) is 7.11 Å². The fourth-order valence-electron chi connectivity index (χ4n) is 3.00. The van der Waals surface area contributed by atoms with Crippen LogP contribution in [0.25, 0.3) is 6.08 Å². The van der Waals surface area contributed by atoms with Gasteiger partial charge >= 0.3 is 5.97 Å². The summed E-state index contributed by atoms with van der Waals surface area (Å²) in [7, 11) is 1.32. The van der Waals surface area contributed by atoms with Gasteiger partial charge in [-0.3, -0.25) is 4.79 Å². The van der Waals surface area contributed by atoms with Crippen LogP contribution in [0.2, 0.25) is 0 Å². The summed E-state index contributed by atoms with van der Waals surface area (Å²) in [6.07, 6.45) is 3.77. The first-order valence-electron chi connectivity index (χ1n) is 8.07. The van der Waals surface area contributed by atoms with Crippen molar-refractivity contribution >= 4 is 18.0 Å². The van der Waals surface area contributed by atoms with Gasteiger partial charge in [-0.05, 0) is 11.1 Å². The summed E-state index contributed by atoms with van der Waals surface area (Å²) < 4.78 is 4.92. The first-order chi connectivity index (χ1) is 12.1. The molecule has 3 rings (SSSR count). The molecule has 1 heterocycles. The first-order valence-corrected chi connectivity index (χ1v) is 8.07. The Morgan fingerprint density at radius 2 is 1.72 bits per heavy atom. The van der Waals surface area contributed by atoms with Gasteiger partial charge in [-0.15, -0.1) is 0 Å². The molecule has 0 saturated carbocycles. The van der Waals surface area contributed by atoms with Crippen LogP contribution in [0.4, 0.5) is 0 Å². The molecule has 0 aliphatic carbocycles. The lowest BCUT2D eigenvalue weighted by atomic mass is 9.89. The van der Waals surface area contributed by atoms with E-state index in [4.69, 9.17) is 10.5 Å². The van der Waals surface area contributed by atoms with Crippen LogP contribution >= 0.6 is 0 Å². The van der Waals surface area contributed by atoms with Gasteiger partial charge in [0.05, 0.1) is 13.2 Å². The van der Waals surface area contributed by atoms with Crippen molar-refractivity contribution in [2.24, 2.45) is 5.73 Å². The van der Waals surface area contributed by atoms with E-state index in [-0.39, 0.29) is 11.9 Å². The van der Waals surface area contributed by atoms with Crippen molar-refractivity contribution in [3.63, 3.8) is 0 Å². The number of ether oxygens (including phenoxy) is 1. The zero-order valence-corrected chi connectivity index (χ0v) is 13.9. The molecular weight excluding hydrogens is 316 g/mol. The van der Waals surface area contributed by atoms with Crippen molar-refractivity contribution in [1.82, 2.24) is 4.90 Å². The Labute approximate surface area is 146 Å². The van der Waals surface area contributed by atoms with E-state index in [1.807, 2.05) is 60.7 Å². The Kier molecular flexibility index (Phi) is 4.95. The summed E-state index contributed by atoms with van der Waals surface area (Å²) in [4.78, 5) is 26.2. The van der Waals surface area contributed by atoms with Gasteiger partial charge in [-0.2, -0.15) is 0 Å². The van der Waals surface area contributed by atoms with Gasteiger partial charge in [0, 0.05) is 0 Å². The first kappa shape index (κ1) is 16.9. The molecule has 2 aromatic carbocycles. The van der Waals surface area contributed by atoms with Crippen LogP contribution in [0, 0.1) is 0 Å². The molecular formula is C20H20N2O3. The maximum atomic E-state index is 12.4. The minimum Gasteiger partial charge on any atom is -0.467 e. The summed E-state index contributed by atoms with van der Waals surface area (Å²) in [5, 5.41) is 0. The molecule has 1 unspecified atom stereocenters. The van der Waals surface area contributed by atoms with Crippen LogP contribution in [0.1, 0.15) is 17.2 Å². The average molecular weight is 336 g/mol. The molecule has 1 aliphatic heterocycles. The summed E-state index contributed by atoms with van der Waals surface area (Å²) >= 11 is 0. The second-order valence-electron chi connectivity index (χ2n) is 5.87. The molecule has 3 atom stereocenters. The number of nitrogens with two attached hydrogens (primary N) is 1.